The van der Waals surface area contributed by atoms with E-state index in [1.807, 2.05) is 19.9 Å². The summed E-state index contributed by atoms with van der Waals surface area (Å²) in [5, 5.41) is 10.4. The van der Waals surface area contributed by atoms with Gasteiger partial charge in [-0.05, 0) is 49.9 Å². The molecule has 0 spiro atoms. The Hall–Kier alpha value is -0.910. The number of aliphatic hydroxyl groups is 1. The smallest absolute Gasteiger partial charge is 0.242 e. The van der Waals surface area contributed by atoms with Crippen LogP contribution in [-0.2, 0) is 10.0 Å². The Kier molecular flexibility index (Phi) is 4.23. The van der Waals surface area contributed by atoms with Gasteiger partial charge in [-0.1, -0.05) is 18.9 Å². The van der Waals surface area contributed by atoms with Gasteiger partial charge in [0.05, 0.1) is 10.5 Å². The predicted octanol–water partition coefficient (Wildman–Crippen LogP) is 2.23. The number of likely N-dealkylation sites (N-methyl/N-ethyl adjacent to an activating group) is 1. The van der Waals surface area contributed by atoms with Crippen molar-refractivity contribution < 1.29 is 13.5 Å². The Bertz CT molecular complexity index is 569. The first-order valence-corrected chi connectivity index (χ1v) is 8.44. The first-order chi connectivity index (χ1) is 9.23. The Morgan fingerprint density at radius 1 is 1.15 bits per heavy atom. The molecule has 1 aliphatic rings. The number of aryl methyl sites for hydroxylation is 2. The molecule has 2 rings (SSSR count). The molecule has 0 heterocycles. The highest BCUT2D eigenvalue weighted by Crippen LogP contribution is 2.31. The zero-order chi connectivity index (χ0) is 15.0. The summed E-state index contributed by atoms with van der Waals surface area (Å²) in [5.74, 6) is 0. The minimum Gasteiger partial charge on any atom is -0.389 e. The zero-order valence-corrected chi connectivity index (χ0v) is 13.2. The number of nitrogens with zero attached hydrogens (tertiary/aromatic N) is 1. The summed E-state index contributed by atoms with van der Waals surface area (Å²) in [5.41, 5.74) is 0.994. The SMILES string of the molecule is Cc1cc(C)cc(S(=O)(=O)N(C)CC2(O)CCCC2)c1. The van der Waals surface area contributed by atoms with E-state index in [0.717, 1.165) is 24.0 Å². The lowest BCUT2D eigenvalue weighted by Gasteiger charge is -2.28. The highest BCUT2D eigenvalue weighted by Gasteiger charge is 2.35. The second-order valence-electron chi connectivity index (χ2n) is 6.02. The van der Waals surface area contributed by atoms with E-state index in [0.29, 0.717) is 17.7 Å². The molecule has 0 bridgehead atoms. The van der Waals surface area contributed by atoms with E-state index in [2.05, 4.69) is 0 Å². The van der Waals surface area contributed by atoms with Crippen molar-refractivity contribution in [1.82, 2.24) is 4.31 Å². The molecule has 4 nitrogen and oxygen atoms in total. The molecule has 0 aromatic heterocycles. The summed E-state index contributed by atoms with van der Waals surface area (Å²) in [6, 6.07) is 5.30. The van der Waals surface area contributed by atoms with Crippen LogP contribution < -0.4 is 0 Å². The van der Waals surface area contributed by atoms with Crippen LogP contribution in [0.1, 0.15) is 36.8 Å². The summed E-state index contributed by atoms with van der Waals surface area (Å²) in [6.07, 6.45) is 3.29. The number of rotatable bonds is 4. The molecule has 1 fully saturated rings. The fourth-order valence-corrected chi connectivity index (χ4v) is 4.39. The summed E-state index contributed by atoms with van der Waals surface area (Å²) in [4.78, 5) is 0.305. The van der Waals surface area contributed by atoms with Crippen molar-refractivity contribution in [3.63, 3.8) is 0 Å². The lowest BCUT2D eigenvalue weighted by Crippen LogP contribution is -2.42. The minimum absolute atomic E-state index is 0.169. The lowest BCUT2D eigenvalue weighted by atomic mass is 10.0. The largest absolute Gasteiger partial charge is 0.389 e. The average molecular weight is 297 g/mol. The van der Waals surface area contributed by atoms with Crippen LogP contribution in [0.4, 0.5) is 0 Å². The Balaban J connectivity index is 2.25. The number of sulfonamides is 1. The molecule has 1 aromatic carbocycles. The summed E-state index contributed by atoms with van der Waals surface area (Å²) in [6.45, 7) is 3.94. The van der Waals surface area contributed by atoms with Crippen molar-refractivity contribution in [2.24, 2.45) is 0 Å². The Morgan fingerprint density at radius 3 is 2.15 bits per heavy atom. The van der Waals surface area contributed by atoms with Crippen LogP contribution in [0.3, 0.4) is 0 Å². The molecule has 0 unspecified atom stereocenters. The van der Waals surface area contributed by atoms with Gasteiger partial charge in [0.25, 0.3) is 0 Å². The highest BCUT2D eigenvalue weighted by atomic mass is 32.2. The van der Waals surface area contributed by atoms with Gasteiger partial charge in [-0.15, -0.1) is 0 Å². The summed E-state index contributed by atoms with van der Waals surface area (Å²) >= 11 is 0. The molecule has 5 heteroatoms. The van der Waals surface area contributed by atoms with Crippen molar-refractivity contribution in [3.8, 4) is 0 Å². The molecular formula is C15H23NO3S. The third-order valence-electron chi connectivity index (χ3n) is 3.95. The Labute approximate surface area is 121 Å². The van der Waals surface area contributed by atoms with Gasteiger partial charge in [0.1, 0.15) is 0 Å². The van der Waals surface area contributed by atoms with Gasteiger partial charge in [-0.25, -0.2) is 8.42 Å². The van der Waals surface area contributed by atoms with E-state index in [-0.39, 0.29) is 6.54 Å². The van der Waals surface area contributed by atoms with Gasteiger partial charge in [0.15, 0.2) is 0 Å². The molecule has 0 atom stereocenters. The fourth-order valence-electron chi connectivity index (χ4n) is 2.95. The van der Waals surface area contributed by atoms with E-state index < -0.39 is 15.6 Å². The monoisotopic (exact) mass is 297 g/mol. The molecule has 112 valence electrons. The maximum atomic E-state index is 12.6. The Morgan fingerprint density at radius 2 is 1.65 bits per heavy atom. The van der Waals surface area contributed by atoms with Crippen LogP contribution in [0.25, 0.3) is 0 Å². The minimum atomic E-state index is -3.54. The third kappa shape index (κ3) is 3.22. The van der Waals surface area contributed by atoms with E-state index in [1.54, 1.807) is 19.2 Å². The normalized spacial score (nSPS) is 18.6. The maximum Gasteiger partial charge on any atom is 0.242 e. The van der Waals surface area contributed by atoms with Gasteiger partial charge in [0.2, 0.25) is 10.0 Å². The zero-order valence-electron chi connectivity index (χ0n) is 12.4. The maximum absolute atomic E-state index is 12.6. The molecule has 1 N–H and O–H groups in total. The first-order valence-electron chi connectivity index (χ1n) is 7.00. The van der Waals surface area contributed by atoms with Crippen LogP contribution in [0, 0.1) is 13.8 Å². The molecule has 0 saturated heterocycles. The predicted molar refractivity (Wildman–Crippen MR) is 79.1 cm³/mol. The molecule has 0 aliphatic heterocycles. The molecule has 1 saturated carbocycles. The number of hydrogen-bond donors (Lipinski definition) is 1. The van der Waals surface area contributed by atoms with Gasteiger partial charge in [-0.3, -0.25) is 0 Å². The average Bonchev–Trinajstić information content (AvgIpc) is 2.74. The van der Waals surface area contributed by atoms with E-state index in [4.69, 9.17) is 0 Å². The van der Waals surface area contributed by atoms with Crippen molar-refractivity contribution >= 4 is 10.0 Å². The molecule has 1 aliphatic carbocycles. The topological polar surface area (TPSA) is 57.6 Å². The number of benzene rings is 1. The van der Waals surface area contributed by atoms with E-state index in [1.165, 1.54) is 4.31 Å². The van der Waals surface area contributed by atoms with Gasteiger partial charge >= 0.3 is 0 Å². The lowest BCUT2D eigenvalue weighted by molar-refractivity contribution is 0.0333. The van der Waals surface area contributed by atoms with E-state index >= 15 is 0 Å². The van der Waals surface area contributed by atoms with Crippen molar-refractivity contribution in [2.45, 2.75) is 50.0 Å². The quantitative estimate of drug-likeness (QED) is 0.927. The van der Waals surface area contributed by atoms with Crippen LogP contribution >= 0.6 is 0 Å². The van der Waals surface area contributed by atoms with E-state index in [9.17, 15) is 13.5 Å². The van der Waals surface area contributed by atoms with Crippen molar-refractivity contribution in [3.05, 3.63) is 29.3 Å². The van der Waals surface area contributed by atoms with Gasteiger partial charge < -0.3 is 5.11 Å². The van der Waals surface area contributed by atoms with Gasteiger partial charge in [-0.2, -0.15) is 4.31 Å². The van der Waals surface area contributed by atoms with Crippen LogP contribution in [-0.4, -0.2) is 37.0 Å². The molecule has 1 aromatic rings. The van der Waals surface area contributed by atoms with Gasteiger partial charge in [0, 0.05) is 13.6 Å². The number of hydrogen-bond acceptors (Lipinski definition) is 3. The highest BCUT2D eigenvalue weighted by molar-refractivity contribution is 7.89. The van der Waals surface area contributed by atoms with Crippen LogP contribution in [0.2, 0.25) is 0 Å². The van der Waals surface area contributed by atoms with Crippen LogP contribution in [0.5, 0.6) is 0 Å². The van der Waals surface area contributed by atoms with Crippen molar-refractivity contribution in [2.75, 3.05) is 13.6 Å². The molecular weight excluding hydrogens is 274 g/mol. The third-order valence-corrected chi connectivity index (χ3v) is 5.74. The summed E-state index contributed by atoms with van der Waals surface area (Å²) < 4.78 is 26.4. The molecule has 20 heavy (non-hydrogen) atoms. The van der Waals surface area contributed by atoms with Crippen molar-refractivity contribution in [1.29, 1.82) is 0 Å². The second-order valence-corrected chi connectivity index (χ2v) is 8.06. The summed E-state index contributed by atoms with van der Waals surface area (Å²) in [7, 11) is -1.99. The first kappa shape index (κ1) is 15.5. The van der Waals surface area contributed by atoms with Crippen LogP contribution in [0.15, 0.2) is 23.1 Å². The molecule has 0 radical (unpaired) electrons. The fraction of sp³-hybridized carbons (Fsp3) is 0.600. The second kappa shape index (κ2) is 5.47. The molecule has 0 amide bonds. The standard InChI is InChI=1S/C15H23NO3S/c1-12-8-13(2)10-14(9-12)20(18,19)16(3)11-15(17)6-4-5-7-15/h8-10,17H,4-7,11H2,1-3H3.